The number of benzene rings is 5. The van der Waals surface area contributed by atoms with Crippen molar-refractivity contribution in [2.45, 2.75) is 6.61 Å². The zero-order valence-electron chi connectivity index (χ0n) is 20.6. The zero-order valence-corrected chi connectivity index (χ0v) is 21.4. The van der Waals surface area contributed by atoms with Gasteiger partial charge in [-0.25, -0.2) is 4.98 Å². The van der Waals surface area contributed by atoms with Crippen molar-refractivity contribution in [3.05, 3.63) is 133 Å². The molecule has 5 aromatic carbocycles. The van der Waals surface area contributed by atoms with Gasteiger partial charge in [0.1, 0.15) is 18.2 Å². The summed E-state index contributed by atoms with van der Waals surface area (Å²) in [5.74, 6) is 1.67. The molecule has 3 nitrogen and oxygen atoms in total. The molecule has 0 aliphatic rings. The van der Waals surface area contributed by atoms with Crippen LogP contribution in [0.1, 0.15) is 5.56 Å². The molecule has 2 aromatic heterocycles. The second-order valence-electron chi connectivity index (χ2n) is 9.28. The summed E-state index contributed by atoms with van der Waals surface area (Å²) in [6.45, 7) is 0.545. The van der Waals surface area contributed by atoms with Gasteiger partial charge in [0, 0.05) is 36.9 Å². The van der Waals surface area contributed by atoms with E-state index in [1.807, 2.05) is 47.7 Å². The number of thiophene rings is 1. The predicted octanol–water partition coefficient (Wildman–Crippen LogP) is 9.36. The molecule has 0 aliphatic carbocycles. The molecule has 0 spiro atoms. The molecular formula is C34H24N2OS. The molecule has 0 bridgehead atoms. The number of hydrogen-bond acceptors (Lipinski definition) is 3. The molecule has 0 atom stereocenters. The highest BCUT2D eigenvalue weighted by atomic mass is 32.1. The highest BCUT2D eigenvalue weighted by molar-refractivity contribution is 7.25. The number of nitrogens with one attached hydrogen (secondary N) is 1. The topological polar surface area (TPSA) is 37.9 Å². The molecule has 38 heavy (non-hydrogen) atoms. The van der Waals surface area contributed by atoms with Gasteiger partial charge < -0.3 is 9.72 Å². The molecule has 0 saturated carbocycles. The first-order valence-electron chi connectivity index (χ1n) is 12.7. The normalized spacial score (nSPS) is 11.3. The number of H-pyrrole nitrogens is 1. The number of aromatic amines is 1. The third kappa shape index (κ3) is 4.25. The summed E-state index contributed by atoms with van der Waals surface area (Å²) in [7, 11) is 0. The van der Waals surface area contributed by atoms with E-state index in [1.54, 1.807) is 0 Å². The number of fused-ring (bicyclic) bond motifs is 3. The SMILES string of the molecule is c1ccc(COc2ccc(-c3nc(-c4ccc5sc6ccccc6c5c4)c(-c4ccccc4)[nH]3)cc2)cc1. The molecule has 1 N–H and O–H groups in total. The minimum absolute atomic E-state index is 0.545. The first kappa shape index (κ1) is 22.5. The van der Waals surface area contributed by atoms with Gasteiger partial charge in [-0.3, -0.25) is 0 Å². The summed E-state index contributed by atoms with van der Waals surface area (Å²) in [5, 5.41) is 2.56. The lowest BCUT2D eigenvalue weighted by Gasteiger charge is -2.06. The second kappa shape index (κ2) is 9.66. The summed E-state index contributed by atoms with van der Waals surface area (Å²) in [6, 6.07) is 44.0. The van der Waals surface area contributed by atoms with Gasteiger partial charge in [-0.05, 0) is 48.0 Å². The fraction of sp³-hybridized carbons (Fsp3) is 0.0294. The van der Waals surface area contributed by atoms with Crippen molar-refractivity contribution in [3.63, 3.8) is 0 Å². The van der Waals surface area contributed by atoms with Gasteiger partial charge in [0.05, 0.1) is 11.4 Å². The fourth-order valence-corrected chi connectivity index (χ4v) is 5.94. The number of hydrogen-bond donors (Lipinski definition) is 1. The Bertz CT molecular complexity index is 1850. The highest BCUT2D eigenvalue weighted by Gasteiger charge is 2.17. The number of nitrogens with zero attached hydrogens (tertiary/aromatic N) is 1. The van der Waals surface area contributed by atoms with Crippen LogP contribution in [-0.4, -0.2) is 9.97 Å². The number of aromatic nitrogens is 2. The Morgan fingerprint density at radius 3 is 2.11 bits per heavy atom. The van der Waals surface area contributed by atoms with Crippen LogP contribution in [0.15, 0.2) is 127 Å². The first-order valence-corrected chi connectivity index (χ1v) is 13.5. The Morgan fingerprint density at radius 2 is 1.29 bits per heavy atom. The van der Waals surface area contributed by atoms with Crippen molar-refractivity contribution in [1.29, 1.82) is 0 Å². The van der Waals surface area contributed by atoms with Crippen molar-refractivity contribution in [3.8, 4) is 39.7 Å². The Hall–Kier alpha value is -4.67. The maximum absolute atomic E-state index is 5.99. The lowest BCUT2D eigenvalue weighted by Crippen LogP contribution is -1.94. The van der Waals surface area contributed by atoms with Gasteiger partial charge in [-0.2, -0.15) is 0 Å². The number of rotatable bonds is 6. The van der Waals surface area contributed by atoms with Gasteiger partial charge in [-0.1, -0.05) is 84.9 Å². The van der Waals surface area contributed by atoms with E-state index in [4.69, 9.17) is 9.72 Å². The third-order valence-corrected chi connectivity index (χ3v) is 7.94. The third-order valence-electron chi connectivity index (χ3n) is 6.79. The smallest absolute Gasteiger partial charge is 0.138 e. The van der Waals surface area contributed by atoms with E-state index >= 15 is 0 Å². The van der Waals surface area contributed by atoms with Crippen LogP contribution in [0, 0.1) is 0 Å². The van der Waals surface area contributed by atoms with Gasteiger partial charge in [0.2, 0.25) is 0 Å². The number of ether oxygens (including phenoxy) is 1. The summed E-state index contributed by atoms with van der Waals surface area (Å²) < 4.78 is 8.58. The van der Waals surface area contributed by atoms with Crippen molar-refractivity contribution in [2.24, 2.45) is 0 Å². The van der Waals surface area contributed by atoms with E-state index in [-0.39, 0.29) is 0 Å². The van der Waals surface area contributed by atoms with Crippen LogP contribution in [0.2, 0.25) is 0 Å². The monoisotopic (exact) mass is 508 g/mol. The standard InChI is InChI=1S/C34H24N2OS/c1-3-9-23(10-4-1)22-37-27-18-15-25(16-19-27)34-35-32(24-11-5-2-6-12-24)33(36-34)26-17-20-31-29(21-26)28-13-7-8-14-30(28)38-31/h1-21H,22H2,(H,35,36). The van der Waals surface area contributed by atoms with E-state index in [2.05, 4.69) is 96.0 Å². The van der Waals surface area contributed by atoms with Crippen molar-refractivity contribution in [1.82, 2.24) is 9.97 Å². The van der Waals surface area contributed by atoms with Crippen molar-refractivity contribution >= 4 is 31.5 Å². The molecule has 0 amide bonds. The Morgan fingerprint density at radius 1 is 0.605 bits per heavy atom. The first-order chi connectivity index (χ1) is 18.8. The van der Waals surface area contributed by atoms with Crippen molar-refractivity contribution < 1.29 is 4.74 Å². The summed E-state index contributed by atoms with van der Waals surface area (Å²) in [5.41, 5.74) is 6.35. The molecule has 182 valence electrons. The van der Waals surface area contributed by atoms with Crippen molar-refractivity contribution in [2.75, 3.05) is 0 Å². The molecule has 7 rings (SSSR count). The van der Waals surface area contributed by atoms with Crippen LogP contribution in [0.25, 0.3) is 54.1 Å². The maximum Gasteiger partial charge on any atom is 0.138 e. The summed E-state index contributed by atoms with van der Waals surface area (Å²) in [6.07, 6.45) is 0. The van der Waals surface area contributed by atoms with E-state index in [0.717, 1.165) is 45.2 Å². The molecule has 0 aliphatic heterocycles. The Kier molecular flexibility index (Phi) is 5.72. The highest BCUT2D eigenvalue weighted by Crippen LogP contribution is 2.39. The van der Waals surface area contributed by atoms with E-state index in [0.29, 0.717) is 6.61 Å². The van der Waals surface area contributed by atoms with E-state index in [9.17, 15) is 0 Å². The van der Waals surface area contributed by atoms with Gasteiger partial charge in [0.15, 0.2) is 0 Å². The quantitative estimate of drug-likeness (QED) is 0.243. The minimum Gasteiger partial charge on any atom is -0.489 e. The Balaban J connectivity index is 1.27. The minimum atomic E-state index is 0.545. The maximum atomic E-state index is 5.99. The van der Waals surface area contributed by atoms with Crippen LogP contribution >= 0.6 is 11.3 Å². The summed E-state index contributed by atoms with van der Waals surface area (Å²) in [4.78, 5) is 8.75. The average molecular weight is 509 g/mol. The molecule has 0 radical (unpaired) electrons. The van der Waals surface area contributed by atoms with Gasteiger partial charge in [0.25, 0.3) is 0 Å². The van der Waals surface area contributed by atoms with Crippen LogP contribution in [-0.2, 0) is 6.61 Å². The molecule has 2 heterocycles. The van der Waals surface area contributed by atoms with E-state index < -0.39 is 0 Å². The van der Waals surface area contributed by atoms with Gasteiger partial charge in [-0.15, -0.1) is 11.3 Å². The largest absolute Gasteiger partial charge is 0.489 e. The fourth-order valence-electron chi connectivity index (χ4n) is 4.86. The predicted molar refractivity (Wildman–Crippen MR) is 159 cm³/mol. The molecule has 0 unspecified atom stereocenters. The second-order valence-corrected chi connectivity index (χ2v) is 10.4. The summed E-state index contributed by atoms with van der Waals surface area (Å²) >= 11 is 1.83. The molecule has 0 fully saturated rings. The zero-order chi connectivity index (χ0) is 25.3. The average Bonchev–Trinajstić information content (AvgIpc) is 3.59. The molecule has 0 saturated heterocycles. The van der Waals surface area contributed by atoms with E-state index in [1.165, 1.54) is 20.2 Å². The van der Waals surface area contributed by atoms with Crippen LogP contribution in [0.5, 0.6) is 5.75 Å². The lowest BCUT2D eigenvalue weighted by atomic mass is 10.0. The van der Waals surface area contributed by atoms with Gasteiger partial charge >= 0.3 is 0 Å². The lowest BCUT2D eigenvalue weighted by molar-refractivity contribution is 0.306. The van der Waals surface area contributed by atoms with Crippen LogP contribution < -0.4 is 4.74 Å². The Labute approximate surface area is 225 Å². The van der Waals surface area contributed by atoms with Crippen LogP contribution in [0.4, 0.5) is 0 Å². The molecule has 4 heteroatoms. The number of imidazole rings is 1. The molecular weight excluding hydrogens is 484 g/mol. The molecule has 7 aromatic rings. The van der Waals surface area contributed by atoms with Crippen LogP contribution in [0.3, 0.4) is 0 Å².